The van der Waals surface area contributed by atoms with Crippen molar-refractivity contribution in [3.8, 4) is 0 Å². The van der Waals surface area contributed by atoms with Crippen molar-refractivity contribution >= 4 is 10.2 Å². The average Bonchev–Trinajstić information content (AvgIpc) is 1.92. The normalized spacial score (nSPS) is 11.6. The summed E-state index contributed by atoms with van der Waals surface area (Å²) in [6.07, 6.45) is 1.12. The predicted octanol–water partition coefficient (Wildman–Crippen LogP) is 1.19. The van der Waals surface area contributed by atoms with Crippen LogP contribution in [0.3, 0.4) is 0 Å². The van der Waals surface area contributed by atoms with E-state index in [-0.39, 0.29) is 0 Å². The molecule has 1 aromatic heterocycles. The molecule has 0 radical (unpaired) electrons. The standard InChI is InChI=1S/C6H5F2NO2S/c1-4-2-5(12(8,10)11)6(7)9-3-4/h2-3H,1H3. The van der Waals surface area contributed by atoms with Crippen LogP contribution in [-0.4, -0.2) is 13.4 Å². The lowest BCUT2D eigenvalue weighted by atomic mass is 10.3. The van der Waals surface area contributed by atoms with Gasteiger partial charge in [-0.1, -0.05) is 0 Å². The molecule has 0 bridgehead atoms. The number of halogens is 2. The fourth-order valence-electron chi connectivity index (χ4n) is 0.697. The minimum absolute atomic E-state index is 0.382. The number of rotatable bonds is 1. The summed E-state index contributed by atoms with van der Waals surface area (Å²) >= 11 is 0. The first-order chi connectivity index (χ1) is 5.41. The smallest absolute Gasteiger partial charge is 0.227 e. The zero-order valence-electron chi connectivity index (χ0n) is 6.08. The Morgan fingerprint density at radius 1 is 1.50 bits per heavy atom. The van der Waals surface area contributed by atoms with Crippen LogP contribution in [-0.2, 0) is 10.2 Å². The second-order valence-corrected chi connectivity index (χ2v) is 3.55. The number of nitrogens with zero attached hydrogens (tertiary/aromatic N) is 1. The number of pyridine rings is 1. The SMILES string of the molecule is Cc1cnc(F)c(S(=O)(=O)F)c1. The van der Waals surface area contributed by atoms with Crippen LogP contribution in [0.15, 0.2) is 17.2 Å². The van der Waals surface area contributed by atoms with Crippen molar-refractivity contribution in [3.05, 3.63) is 23.8 Å². The van der Waals surface area contributed by atoms with E-state index in [0.717, 1.165) is 12.3 Å². The lowest BCUT2D eigenvalue weighted by Gasteiger charge is -1.96. The third kappa shape index (κ3) is 1.76. The number of hydrogen-bond acceptors (Lipinski definition) is 3. The van der Waals surface area contributed by atoms with E-state index < -0.39 is 21.1 Å². The van der Waals surface area contributed by atoms with Gasteiger partial charge in [-0.05, 0) is 18.6 Å². The van der Waals surface area contributed by atoms with Crippen LogP contribution in [0.1, 0.15) is 5.56 Å². The van der Waals surface area contributed by atoms with Crippen LogP contribution in [0.4, 0.5) is 8.28 Å². The lowest BCUT2D eigenvalue weighted by Crippen LogP contribution is -1.99. The van der Waals surface area contributed by atoms with Gasteiger partial charge in [0.05, 0.1) is 0 Å². The van der Waals surface area contributed by atoms with E-state index in [0.29, 0.717) is 5.56 Å². The summed E-state index contributed by atoms with van der Waals surface area (Å²) in [5.41, 5.74) is 0.382. The first-order valence-corrected chi connectivity index (χ1v) is 4.36. The van der Waals surface area contributed by atoms with E-state index in [9.17, 15) is 16.7 Å². The van der Waals surface area contributed by atoms with Crippen LogP contribution >= 0.6 is 0 Å². The van der Waals surface area contributed by atoms with Crippen molar-refractivity contribution < 1.29 is 16.7 Å². The zero-order valence-corrected chi connectivity index (χ0v) is 6.90. The maximum Gasteiger partial charge on any atom is 0.336 e. The summed E-state index contributed by atoms with van der Waals surface area (Å²) in [6.45, 7) is 1.49. The Hall–Kier alpha value is -1.04. The molecule has 1 heterocycles. The summed E-state index contributed by atoms with van der Waals surface area (Å²) in [7, 11) is -4.99. The van der Waals surface area contributed by atoms with E-state index in [1.807, 2.05) is 0 Å². The van der Waals surface area contributed by atoms with Gasteiger partial charge in [0.25, 0.3) is 0 Å². The van der Waals surface area contributed by atoms with Crippen molar-refractivity contribution in [3.63, 3.8) is 0 Å². The molecule has 0 aliphatic heterocycles. The molecule has 0 aromatic carbocycles. The highest BCUT2D eigenvalue weighted by Crippen LogP contribution is 2.15. The maximum absolute atomic E-state index is 12.5. The van der Waals surface area contributed by atoms with Gasteiger partial charge in [0.2, 0.25) is 5.95 Å². The Labute approximate surface area is 68.3 Å². The molecule has 0 unspecified atom stereocenters. The molecule has 3 nitrogen and oxygen atoms in total. The second kappa shape index (κ2) is 2.78. The van der Waals surface area contributed by atoms with Gasteiger partial charge in [-0.25, -0.2) is 4.98 Å². The highest BCUT2D eigenvalue weighted by Gasteiger charge is 2.18. The zero-order chi connectivity index (χ0) is 9.35. The minimum atomic E-state index is -4.99. The molecule has 0 aliphatic carbocycles. The Bertz CT molecular complexity index is 402. The van der Waals surface area contributed by atoms with Gasteiger partial charge in [-0.15, -0.1) is 3.89 Å². The molecule has 0 N–H and O–H groups in total. The molecule has 0 aliphatic rings. The van der Waals surface area contributed by atoms with Crippen molar-refractivity contribution in [2.24, 2.45) is 0 Å². The van der Waals surface area contributed by atoms with E-state index in [4.69, 9.17) is 0 Å². The van der Waals surface area contributed by atoms with Gasteiger partial charge in [-0.3, -0.25) is 0 Å². The van der Waals surface area contributed by atoms with Gasteiger partial charge in [0.1, 0.15) is 0 Å². The Balaban J connectivity index is 3.43. The van der Waals surface area contributed by atoms with Crippen LogP contribution in [0.5, 0.6) is 0 Å². The molecule has 6 heteroatoms. The van der Waals surface area contributed by atoms with Gasteiger partial charge in [0, 0.05) is 6.20 Å². The molecule has 0 atom stereocenters. The highest BCUT2D eigenvalue weighted by molar-refractivity contribution is 7.86. The van der Waals surface area contributed by atoms with Crippen LogP contribution < -0.4 is 0 Å². The predicted molar refractivity (Wildman–Crippen MR) is 37.2 cm³/mol. The molecule has 0 amide bonds. The van der Waals surface area contributed by atoms with Crippen LogP contribution in [0, 0.1) is 12.9 Å². The fourth-order valence-corrected chi connectivity index (χ4v) is 1.28. The molecule has 0 saturated heterocycles. The fraction of sp³-hybridized carbons (Fsp3) is 0.167. The van der Waals surface area contributed by atoms with Crippen LogP contribution in [0.2, 0.25) is 0 Å². The van der Waals surface area contributed by atoms with Gasteiger partial charge in [-0.2, -0.15) is 12.8 Å². The van der Waals surface area contributed by atoms with Gasteiger partial charge < -0.3 is 0 Å². The molecule has 0 saturated carbocycles. The molecule has 66 valence electrons. The Morgan fingerprint density at radius 2 is 2.08 bits per heavy atom. The van der Waals surface area contributed by atoms with Crippen molar-refractivity contribution in [1.29, 1.82) is 0 Å². The number of aromatic nitrogens is 1. The van der Waals surface area contributed by atoms with E-state index >= 15 is 0 Å². The van der Waals surface area contributed by atoms with E-state index in [1.54, 1.807) is 0 Å². The van der Waals surface area contributed by atoms with Crippen molar-refractivity contribution in [1.82, 2.24) is 4.98 Å². The molecular formula is C6H5F2NO2S. The summed E-state index contributed by atoms with van der Waals surface area (Å²) in [6, 6.07) is 0.887. The number of hydrogen-bond donors (Lipinski definition) is 0. The van der Waals surface area contributed by atoms with Gasteiger partial charge in [0.15, 0.2) is 4.90 Å². The van der Waals surface area contributed by atoms with Crippen molar-refractivity contribution in [2.45, 2.75) is 11.8 Å². The summed E-state index contributed by atoms with van der Waals surface area (Å²) in [5.74, 6) is -1.32. The highest BCUT2D eigenvalue weighted by atomic mass is 32.3. The monoisotopic (exact) mass is 193 g/mol. The third-order valence-corrected chi connectivity index (χ3v) is 2.02. The number of aryl methyl sites for hydroxylation is 1. The molecular weight excluding hydrogens is 188 g/mol. The molecule has 12 heavy (non-hydrogen) atoms. The van der Waals surface area contributed by atoms with Crippen molar-refractivity contribution in [2.75, 3.05) is 0 Å². The summed E-state index contributed by atoms with van der Waals surface area (Å²) < 4.78 is 45.3. The molecule has 0 fully saturated rings. The minimum Gasteiger partial charge on any atom is -0.227 e. The maximum atomic E-state index is 12.5. The average molecular weight is 193 g/mol. The summed E-state index contributed by atoms with van der Waals surface area (Å²) in [5, 5.41) is 0. The molecule has 0 spiro atoms. The lowest BCUT2D eigenvalue weighted by molar-refractivity contribution is 0.516. The molecule has 1 rings (SSSR count). The first-order valence-electron chi connectivity index (χ1n) is 2.98. The third-order valence-electron chi connectivity index (χ3n) is 1.21. The van der Waals surface area contributed by atoms with Crippen LogP contribution in [0.25, 0.3) is 0 Å². The van der Waals surface area contributed by atoms with E-state index in [1.165, 1.54) is 6.92 Å². The first kappa shape index (κ1) is 9.05. The quantitative estimate of drug-likeness (QED) is 0.497. The molecule has 1 aromatic rings. The topological polar surface area (TPSA) is 47.0 Å². The van der Waals surface area contributed by atoms with E-state index in [2.05, 4.69) is 4.98 Å². The second-order valence-electron chi connectivity index (χ2n) is 2.24. The van der Waals surface area contributed by atoms with Gasteiger partial charge >= 0.3 is 10.2 Å². The Morgan fingerprint density at radius 3 is 2.50 bits per heavy atom. The summed E-state index contributed by atoms with van der Waals surface area (Å²) in [4.78, 5) is 2.05. The Kier molecular flexibility index (Phi) is 2.10. The largest absolute Gasteiger partial charge is 0.336 e.